The Morgan fingerprint density at radius 3 is 2.72 bits per heavy atom. The molecule has 132 valence electrons. The summed E-state index contributed by atoms with van der Waals surface area (Å²) in [5.74, 6) is 3.30. The van der Waals surface area contributed by atoms with E-state index in [1.807, 2.05) is 12.1 Å². The van der Waals surface area contributed by atoms with Crippen LogP contribution < -0.4 is 10.2 Å². The summed E-state index contributed by atoms with van der Waals surface area (Å²) in [6, 6.07) is 5.59. The van der Waals surface area contributed by atoms with E-state index in [4.69, 9.17) is 6.42 Å². The van der Waals surface area contributed by atoms with Gasteiger partial charge in [0.15, 0.2) is 5.66 Å². The lowest BCUT2D eigenvalue weighted by atomic mass is 10.0. The molecule has 0 aliphatic carbocycles. The normalized spacial score (nSPS) is 18.6. The summed E-state index contributed by atoms with van der Waals surface area (Å²) in [6.07, 6.45) is 7.36. The number of nitrogens with one attached hydrogen (secondary N) is 1. The highest BCUT2D eigenvalue weighted by Gasteiger charge is 2.38. The maximum absolute atomic E-state index is 12.4. The monoisotopic (exact) mass is 340 g/mol. The average Bonchev–Trinajstić information content (AvgIpc) is 3.41. The smallest absolute Gasteiger partial charge is 0.269 e. The Morgan fingerprint density at radius 1 is 1.28 bits per heavy atom. The van der Waals surface area contributed by atoms with Crippen LogP contribution in [0.25, 0.3) is 0 Å². The molecule has 25 heavy (non-hydrogen) atoms. The average molecular weight is 340 g/mol. The van der Waals surface area contributed by atoms with Crippen LogP contribution in [0.5, 0.6) is 0 Å². The highest BCUT2D eigenvalue weighted by Crippen LogP contribution is 2.36. The van der Waals surface area contributed by atoms with Crippen molar-refractivity contribution in [3.05, 3.63) is 23.9 Å². The van der Waals surface area contributed by atoms with Crippen LogP contribution in [-0.4, -0.2) is 61.2 Å². The van der Waals surface area contributed by atoms with E-state index in [0.29, 0.717) is 25.1 Å². The van der Waals surface area contributed by atoms with Crippen molar-refractivity contribution in [1.82, 2.24) is 15.2 Å². The van der Waals surface area contributed by atoms with E-state index in [9.17, 15) is 4.79 Å². The van der Waals surface area contributed by atoms with Crippen molar-refractivity contribution in [3.8, 4) is 12.3 Å². The van der Waals surface area contributed by atoms with E-state index in [1.54, 1.807) is 6.07 Å². The van der Waals surface area contributed by atoms with Crippen LogP contribution in [0.4, 0.5) is 5.82 Å². The zero-order valence-corrected chi connectivity index (χ0v) is 14.6. The zero-order valence-electron chi connectivity index (χ0n) is 14.6. The molecule has 1 aromatic rings. The lowest BCUT2D eigenvalue weighted by Crippen LogP contribution is -2.45. The van der Waals surface area contributed by atoms with Crippen LogP contribution in [-0.2, 0) is 0 Å². The number of aromatic nitrogens is 1. The lowest BCUT2D eigenvalue weighted by Gasteiger charge is -2.33. The molecule has 0 radical (unpaired) electrons. The van der Waals surface area contributed by atoms with Gasteiger partial charge in [-0.1, -0.05) is 6.07 Å². The van der Waals surface area contributed by atoms with Gasteiger partial charge in [0.05, 0.1) is 0 Å². The molecule has 0 spiro atoms. The molecule has 1 amide bonds. The number of carbonyl (C=O) groups excluding carboxylic acids is 1. The predicted molar refractivity (Wildman–Crippen MR) is 96.6 cm³/mol. The van der Waals surface area contributed by atoms with Crippen molar-refractivity contribution >= 4 is 11.7 Å². The Morgan fingerprint density at radius 2 is 2.04 bits per heavy atom. The molecule has 3 heterocycles. The highest BCUT2D eigenvalue weighted by molar-refractivity contribution is 5.92. The Balaban J connectivity index is 1.51. The van der Waals surface area contributed by atoms with Gasteiger partial charge >= 0.3 is 0 Å². The van der Waals surface area contributed by atoms with Crippen LogP contribution in [0.3, 0.4) is 0 Å². The van der Waals surface area contributed by atoms with E-state index in [0.717, 1.165) is 38.4 Å². The molecule has 0 atom stereocenters. The molecule has 1 saturated heterocycles. The first-order chi connectivity index (χ1) is 12.1. The topological polar surface area (TPSA) is 73.2 Å². The number of likely N-dealkylation sites (N-methyl/N-ethyl adjacent to an activating group) is 1. The largest absolute Gasteiger partial charge is 0.354 e. The Bertz CT molecular complexity index is 681. The number of rotatable bonds is 7. The van der Waals surface area contributed by atoms with Crippen LogP contribution in [0, 0.1) is 12.3 Å². The Kier molecular flexibility index (Phi) is 5.29. The summed E-state index contributed by atoms with van der Waals surface area (Å²) in [7, 11) is 2.11. The third kappa shape index (κ3) is 4.54. The van der Waals surface area contributed by atoms with Gasteiger partial charge in [-0.15, -0.1) is 12.3 Å². The van der Waals surface area contributed by atoms with Gasteiger partial charge in [-0.3, -0.25) is 4.79 Å². The molecule has 2 aliphatic heterocycles. The van der Waals surface area contributed by atoms with E-state index in [2.05, 4.69) is 43.3 Å². The van der Waals surface area contributed by atoms with E-state index in [1.165, 1.54) is 0 Å². The van der Waals surface area contributed by atoms with E-state index >= 15 is 0 Å². The molecule has 2 aliphatic rings. The van der Waals surface area contributed by atoms with E-state index < -0.39 is 0 Å². The maximum Gasteiger partial charge on any atom is 0.269 e. The summed E-state index contributed by atoms with van der Waals surface area (Å²) in [6.45, 7) is 4.37. The first-order valence-corrected chi connectivity index (χ1v) is 8.68. The summed E-state index contributed by atoms with van der Waals surface area (Å²) < 4.78 is 0. The van der Waals surface area contributed by atoms with E-state index in [-0.39, 0.29) is 11.6 Å². The molecular weight excluding hydrogens is 316 g/mol. The van der Waals surface area contributed by atoms with Crippen molar-refractivity contribution in [3.63, 3.8) is 0 Å². The number of nitrogens with zero attached hydrogens (tertiary/aromatic N) is 5. The minimum Gasteiger partial charge on any atom is -0.354 e. The van der Waals surface area contributed by atoms with Crippen molar-refractivity contribution in [2.75, 3.05) is 44.7 Å². The second-order valence-corrected chi connectivity index (χ2v) is 6.56. The number of hydrogen-bond acceptors (Lipinski definition) is 6. The minimum absolute atomic E-state index is 0.163. The lowest BCUT2D eigenvalue weighted by molar-refractivity contribution is 0.0947. The quantitative estimate of drug-likeness (QED) is 0.764. The fraction of sp³-hybridized carbons (Fsp3) is 0.556. The molecule has 0 unspecified atom stereocenters. The summed E-state index contributed by atoms with van der Waals surface area (Å²) in [5, 5.41) is 11.1. The SMILES string of the molecule is C#CCCC1(CCNC(=O)c2cccc(N3CCN(C)CC3)n2)N=N1. The third-order valence-electron chi connectivity index (χ3n) is 4.66. The van der Waals surface area contributed by atoms with Gasteiger partial charge < -0.3 is 15.1 Å². The van der Waals surface area contributed by atoms with Crippen molar-refractivity contribution < 1.29 is 4.79 Å². The highest BCUT2D eigenvalue weighted by atomic mass is 16.1. The summed E-state index contributed by atoms with van der Waals surface area (Å²) >= 11 is 0. The van der Waals surface area contributed by atoms with Crippen LogP contribution >= 0.6 is 0 Å². The molecule has 1 N–H and O–H groups in total. The fourth-order valence-corrected chi connectivity index (χ4v) is 2.90. The van der Waals surface area contributed by atoms with Gasteiger partial charge in [0, 0.05) is 52.0 Å². The maximum atomic E-state index is 12.4. The van der Waals surface area contributed by atoms with Crippen LogP contribution in [0.2, 0.25) is 0 Å². The van der Waals surface area contributed by atoms with Crippen molar-refractivity contribution in [1.29, 1.82) is 0 Å². The molecule has 0 saturated carbocycles. The summed E-state index contributed by atoms with van der Waals surface area (Å²) in [5.41, 5.74) is 0.0770. The second-order valence-electron chi connectivity index (χ2n) is 6.56. The number of pyridine rings is 1. The number of carbonyl (C=O) groups is 1. The Labute approximate surface area is 148 Å². The van der Waals surface area contributed by atoms with Gasteiger partial charge in [-0.2, -0.15) is 10.2 Å². The standard InChI is InChI=1S/C18H24N6O/c1-3-4-8-18(21-22-18)9-10-19-17(25)15-6-5-7-16(20-15)24-13-11-23(2)12-14-24/h1,5-7H,4,8-14H2,2H3,(H,19,25). The Hall–Kier alpha value is -2.46. The fourth-order valence-electron chi connectivity index (χ4n) is 2.90. The van der Waals surface area contributed by atoms with Gasteiger partial charge in [-0.05, 0) is 19.2 Å². The number of terminal acetylenes is 1. The molecule has 7 nitrogen and oxygen atoms in total. The first kappa shape index (κ1) is 17.4. The minimum atomic E-state index is -0.366. The second kappa shape index (κ2) is 7.62. The predicted octanol–water partition coefficient (Wildman–Crippen LogP) is 1.53. The van der Waals surface area contributed by atoms with Gasteiger partial charge in [0.1, 0.15) is 11.5 Å². The molecule has 7 heteroatoms. The summed E-state index contributed by atoms with van der Waals surface area (Å²) in [4.78, 5) is 21.4. The number of piperazine rings is 1. The molecular formula is C18H24N6O. The van der Waals surface area contributed by atoms with Gasteiger partial charge in [0.25, 0.3) is 5.91 Å². The zero-order chi connectivity index (χ0) is 17.7. The third-order valence-corrected chi connectivity index (χ3v) is 4.66. The number of amides is 1. The van der Waals surface area contributed by atoms with Crippen molar-refractivity contribution in [2.24, 2.45) is 10.2 Å². The molecule has 3 rings (SSSR count). The van der Waals surface area contributed by atoms with Gasteiger partial charge in [0.2, 0.25) is 0 Å². The van der Waals surface area contributed by atoms with Crippen LogP contribution in [0.1, 0.15) is 29.8 Å². The first-order valence-electron chi connectivity index (χ1n) is 8.68. The molecule has 1 fully saturated rings. The molecule has 0 aromatic carbocycles. The van der Waals surface area contributed by atoms with Crippen LogP contribution in [0.15, 0.2) is 28.4 Å². The molecule has 1 aromatic heterocycles. The van der Waals surface area contributed by atoms with Gasteiger partial charge in [-0.25, -0.2) is 4.98 Å². The van der Waals surface area contributed by atoms with Crippen molar-refractivity contribution in [2.45, 2.75) is 24.9 Å². The molecule has 0 bridgehead atoms. The number of anilines is 1. The number of hydrogen-bond donors (Lipinski definition) is 1.